The van der Waals surface area contributed by atoms with Gasteiger partial charge in [-0.15, -0.1) is 0 Å². The van der Waals surface area contributed by atoms with E-state index in [-0.39, 0.29) is 6.10 Å². The SMILES string of the molecule is CC(C)Oc1c(Br)cc(Br)cc1CNCCCn1ccnc1. The number of imidazole rings is 1. The van der Waals surface area contributed by atoms with Gasteiger partial charge in [-0.3, -0.25) is 0 Å². The van der Waals surface area contributed by atoms with Crippen molar-refractivity contribution in [2.24, 2.45) is 0 Å². The first-order valence-electron chi connectivity index (χ1n) is 7.37. The molecule has 1 N–H and O–H groups in total. The average Bonchev–Trinajstić information content (AvgIpc) is 2.95. The van der Waals surface area contributed by atoms with Crippen molar-refractivity contribution in [2.45, 2.75) is 39.5 Å². The van der Waals surface area contributed by atoms with E-state index < -0.39 is 0 Å². The number of hydrogen-bond donors (Lipinski definition) is 1. The average molecular weight is 431 g/mol. The molecule has 2 rings (SSSR count). The van der Waals surface area contributed by atoms with Gasteiger partial charge in [0.1, 0.15) is 5.75 Å². The van der Waals surface area contributed by atoms with Gasteiger partial charge < -0.3 is 14.6 Å². The molecule has 22 heavy (non-hydrogen) atoms. The van der Waals surface area contributed by atoms with Crippen LogP contribution in [-0.2, 0) is 13.1 Å². The summed E-state index contributed by atoms with van der Waals surface area (Å²) < 4.78 is 10.0. The number of aryl methyl sites for hydroxylation is 1. The fourth-order valence-corrected chi connectivity index (χ4v) is 3.55. The summed E-state index contributed by atoms with van der Waals surface area (Å²) in [5.41, 5.74) is 1.15. The lowest BCUT2D eigenvalue weighted by molar-refractivity contribution is 0.238. The van der Waals surface area contributed by atoms with E-state index in [4.69, 9.17) is 4.74 Å². The van der Waals surface area contributed by atoms with Crippen molar-refractivity contribution in [3.63, 3.8) is 0 Å². The van der Waals surface area contributed by atoms with Gasteiger partial charge in [0.2, 0.25) is 0 Å². The summed E-state index contributed by atoms with van der Waals surface area (Å²) in [7, 11) is 0. The van der Waals surface area contributed by atoms with E-state index in [1.807, 2.05) is 38.6 Å². The summed E-state index contributed by atoms with van der Waals surface area (Å²) in [4.78, 5) is 4.04. The maximum Gasteiger partial charge on any atom is 0.138 e. The maximum absolute atomic E-state index is 5.93. The van der Waals surface area contributed by atoms with Crippen LogP contribution in [-0.4, -0.2) is 22.2 Å². The van der Waals surface area contributed by atoms with Gasteiger partial charge in [-0.1, -0.05) is 15.9 Å². The lowest BCUT2D eigenvalue weighted by Crippen LogP contribution is -2.18. The van der Waals surface area contributed by atoms with E-state index in [9.17, 15) is 0 Å². The third-order valence-electron chi connectivity index (χ3n) is 3.08. The molecular formula is C16H21Br2N3O. The Morgan fingerprint density at radius 1 is 1.32 bits per heavy atom. The number of aromatic nitrogens is 2. The first-order chi connectivity index (χ1) is 10.6. The topological polar surface area (TPSA) is 39.1 Å². The predicted molar refractivity (Wildman–Crippen MR) is 96.2 cm³/mol. The molecule has 0 amide bonds. The Hall–Kier alpha value is -0.850. The van der Waals surface area contributed by atoms with Crippen molar-refractivity contribution in [1.82, 2.24) is 14.9 Å². The van der Waals surface area contributed by atoms with Crippen LogP contribution >= 0.6 is 31.9 Å². The fraction of sp³-hybridized carbons (Fsp3) is 0.438. The molecular weight excluding hydrogens is 410 g/mol. The molecule has 0 aliphatic heterocycles. The third kappa shape index (κ3) is 5.41. The number of hydrogen-bond acceptors (Lipinski definition) is 3. The second-order valence-corrected chi connectivity index (χ2v) is 7.14. The first-order valence-corrected chi connectivity index (χ1v) is 8.96. The maximum atomic E-state index is 5.93. The first kappa shape index (κ1) is 17.5. The fourth-order valence-electron chi connectivity index (χ4n) is 2.14. The normalized spacial score (nSPS) is 11.1. The monoisotopic (exact) mass is 429 g/mol. The highest BCUT2D eigenvalue weighted by Gasteiger charge is 2.11. The van der Waals surface area contributed by atoms with Gasteiger partial charge in [0.25, 0.3) is 0 Å². The number of benzene rings is 1. The van der Waals surface area contributed by atoms with Crippen molar-refractivity contribution in [1.29, 1.82) is 0 Å². The molecule has 0 bridgehead atoms. The molecule has 4 nitrogen and oxygen atoms in total. The Labute approximate surface area is 148 Å². The van der Waals surface area contributed by atoms with Crippen molar-refractivity contribution < 1.29 is 4.74 Å². The van der Waals surface area contributed by atoms with Crippen LogP contribution in [0.1, 0.15) is 25.8 Å². The van der Waals surface area contributed by atoms with Crippen molar-refractivity contribution in [3.8, 4) is 5.75 Å². The Balaban J connectivity index is 1.88. The zero-order chi connectivity index (χ0) is 15.9. The molecule has 2 aromatic rings. The quantitative estimate of drug-likeness (QED) is 0.631. The van der Waals surface area contributed by atoms with Crippen LogP contribution in [0.4, 0.5) is 0 Å². The second kappa shape index (κ2) is 8.70. The summed E-state index contributed by atoms with van der Waals surface area (Å²) in [6.07, 6.45) is 6.85. The molecule has 0 aliphatic carbocycles. The molecule has 1 heterocycles. The van der Waals surface area contributed by atoms with E-state index in [2.05, 4.69) is 52.8 Å². The summed E-state index contributed by atoms with van der Waals surface area (Å²) in [6, 6.07) is 4.12. The van der Waals surface area contributed by atoms with Gasteiger partial charge in [0.05, 0.1) is 16.9 Å². The molecule has 0 unspecified atom stereocenters. The summed E-state index contributed by atoms with van der Waals surface area (Å²) in [6.45, 7) is 6.78. The van der Waals surface area contributed by atoms with Crippen molar-refractivity contribution in [3.05, 3.63) is 45.4 Å². The number of halogens is 2. The highest BCUT2D eigenvalue weighted by atomic mass is 79.9. The largest absolute Gasteiger partial charge is 0.489 e. The van der Waals surface area contributed by atoms with Gasteiger partial charge in [-0.05, 0) is 54.9 Å². The van der Waals surface area contributed by atoms with E-state index in [1.54, 1.807) is 0 Å². The molecule has 0 atom stereocenters. The molecule has 0 saturated carbocycles. The van der Waals surface area contributed by atoms with E-state index in [0.29, 0.717) is 0 Å². The van der Waals surface area contributed by atoms with Crippen LogP contribution in [0.5, 0.6) is 5.75 Å². The third-order valence-corrected chi connectivity index (χ3v) is 4.13. The predicted octanol–water partition coefficient (Wildman–Crippen LogP) is 4.38. The number of nitrogens with zero attached hydrogens (tertiary/aromatic N) is 2. The molecule has 0 aliphatic rings. The standard InChI is InChI=1S/C16H21Br2N3O/c1-12(2)22-16-13(8-14(17)9-15(16)18)10-19-4-3-6-21-7-5-20-11-21/h5,7-9,11-12,19H,3-4,6,10H2,1-2H3. The molecule has 0 fully saturated rings. The van der Waals surface area contributed by atoms with Gasteiger partial charge in [-0.25, -0.2) is 4.98 Å². The Morgan fingerprint density at radius 3 is 2.82 bits per heavy atom. The van der Waals surface area contributed by atoms with Crippen LogP contribution in [0.3, 0.4) is 0 Å². The van der Waals surface area contributed by atoms with Crippen LogP contribution in [0, 0.1) is 0 Å². The van der Waals surface area contributed by atoms with Crippen LogP contribution in [0.2, 0.25) is 0 Å². The Kier molecular flexibility index (Phi) is 6.92. The van der Waals surface area contributed by atoms with E-state index in [1.165, 1.54) is 0 Å². The smallest absolute Gasteiger partial charge is 0.138 e. The molecule has 0 spiro atoms. The molecule has 6 heteroatoms. The molecule has 0 radical (unpaired) electrons. The minimum Gasteiger partial charge on any atom is -0.489 e. The zero-order valence-corrected chi connectivity index (χ0v) is 16.0. The minimum absolute atomic E-state index is 0.150. The van der Waals surface area contributed by atoms with Gasteiger partial charge >= 0.3 is 0 Å². The van der Waals surface area contributed by atoms with E-state index >= 15 is 0 Å². The lowest BCUT2D eigenvalue weighted by atomic mass is 10.2. The Bertz CT molecular complexity index is 585. The van der Waals surface area contributed by atoms with Crippen LogP contribution in [0.25, 0.3) is 0 Å². The number of rotatable bonds is 8. The zero-order valence-electron chi connectivity index (χ0n) is 12.9. The number of ether oxygens (including phenoxy) is 1. The summed E-state index contributed by atoms with van der Waals surface area (Å²) in [5.74, 6) is 0.917. The van der Waals surface area contributed by atoms with Crippen molar-refractivity contribution in [2.75, 3.05) is 6.54 Å². The minimum atomic E-state index is 0.150. The van der Waals surface area contributed by atoms with Crippen LogP contribution in [0.15, 0.2) is 39.8 Å². The molecule has 120 valence electrons. The van der Waals surface area contributed by atoms with E-state index in [0.717, 1.165) is 46.3 Å². The molecule has 1 aromatic carbocycles. The van der Waals surface area contributed by atoms with Gasteiger partial charge in [-0.2, -0.15) is 0 Å². The highest BCUT2D eigenvalue weighted by molar-refractivity contribution is 9.11. The highest BCUT2D eigenvalue weighted by Crippen LogP contribution is 2.33. The second-order valence-electron chi connectivity index (χ2n) is 5.37. The van der Waals surface area contributed by atoms with Crippen molar-refractivity contribution >= 4 is 31.9 Å². The summed E-state index contributed by atoms with van der Waals surface area (Å²) in [5, 5.41) is 3.48. The lowest BCUT2D eigenvalue weighted by Gasteiger charge is -2.17. The van der Waals surface area contributed by atoms with Crippen LogP contribution < -0.4 is 10.1 Å². The molecule has 0 saturated heterocycles. The van der Waals surface area contributed by atoms with Gasteiger partial charge in [0.15, 0.2) is 0 Å². The number of nitrogens with one attached hydrogen (secondary N) is 1. The Morgan fingerprint density at radius 2 is 2.14 bits per heavy atom. The summed E-state index contributed by atoms with van der Waals surface area (Å²) >= 11 is 7.12. The molecule has 1 aromatic heterocycles. The van der Waals surface area contributed by atoms with Gasteiger partial charge in [0, 0.05) is 35.5 Å².